The smallest absolute Gasteiger partial charge is 0.207 e. The van der Waals surface area contributed by atoms with Crippen LogP contribution in [-0.4, -0.2) is 14.0 Å². The Hall–Kier alpha value is -0.390. The van der Waals surface area contributed by atoms with Crippen LogP contribution in [0.5, 0.6) is 0 Å². The average Bonchev–Trinajstić information content (AvgIpc) is 2.36. The van der Waals surface area contributed by atoms with Gasteiger partial charge in [-0.25, -0.2) is 13.1 Å². The summed E-state index contributed by atoms with van der Waals surface area (Å²) < 4.78 is 29.4. The molecule has 21 heavy (non-hydrogen) atoms. The molecule has 3 nitrogen and oxygen atoms in total. The normalized spacial score (nSPS) is 37.9. The lowest BCUT2D eigenvalue weighted by Crippen LogP contribution is -2.59. The van der Waals surface area contributed by atoms with Gasteiger partial charge in [0.1, 0.15) is 0 Å². The highest BCUT2D eigenvalue weighted by atomic mass is 79.9. The molecule has 0 aliphatic heterocycles. The molecular formula is C16H20BrNO2S. The van der Waals surface area contributed by atoms with Crippen molar-refractivity contribution >= 4 is 26.0 Å². The van der Waals surface area contributed by atoms with Crippen molar-refractivity contribution in [2.45, 2.75) is 49.0 Å². The van der Waals surface area contributed by atoms with Gasteiger partial charge < -0.3 is 0 Å². The first-order chi connectivity index (χ1) is 9.94. The minimum Gasteiger partial charge on any atom is -0.207 e. The van der Waals surface area contributed by atoms with Crippen LogP contribution < -0.4 is 4.72 Å². The predicted molar refractivity (Wildman–Crippen MR) is 85.4 cm³/mol. The zero-order valence-electron chi connectivity index (χ0n) is 11.9. The number of nitrogens with one attached hydrogen (secondary N) is 1. The van der Waals surface area contributed by atoms with Crippen LogP contribution in [0.3, 0.4) is 0 Å². The van der Waals surface area contributed by atoms with Crippen molar-refractivity contribution in [1.29, 1.82) is 0 Å². The molecule has 114 valence electrons. The summed E-state index contributed by atoms with van der Waals surface area (Å²) in [6.45, 7) is 0. The third kappa shape index (κ3) is 2.57. The summed E-state index contributed by atoms with van der Waals surface area (Å²) in [5, 5.41) is 0. The fraction of sp³-hybridized carbons (Fsp3) is 0.625. The minimum atomic E-state index is -3.41. The summed E-state index contributed by atoms with van der Waals surface area (Å²) in [7, 11) is -3.41. The van der Waals surface area contributed by atoms with Crippen LogP contribution in [0.4, 0.5) is 0 Å². The van der Waals surface area contributed by atoms with E-state index in [4.69, 9.17) is 0 Å². The first kappa shape index (κ1) is 14.2. The Labute approximate surface area is 134 Å². The van der Waals surface area contributed by atoms with Crippen molar-refractivity contribution in [3.63, 3.8) is 0 Å². The van der Waals surface area contributed by atoms with Crippen molar-refractivity contribution in [2.75, 3.05) is 0 Å². The first-order valence-electron chi connectivity index (χ1n) is 7.74. The van der Waals surface area contributed by atoms with Crippen LogP contribution in [0.2, 0.25) is 0 Å². The first-order valence-corrected chi connectivity index (χ1v) is 10.0. The molecule has 4 aliphatic rings. The average molecular weight is 370 g/mol. The Morgan fingerprint density at radius 3 is 1.90 bits per heavy atom. The van der Waals surface area contributed by atoms with E-state index >= 15 is 0 Å². The van der Waals surface area contributed by atoms with Crippen LogP contribution in [0.25, 0.3) is 0 Å². The van der Waals surface area contributed by atoms with E-state index < -0.39 is 10.0 Å². The van der Waals surface area contributed by atoms with Gasteiger partial charge in [-0.2, -0.15) is 0 Å². The number of hydrogen-bond donors (Lipinski definition) is 1. The third-order valence-electron chi connectivity index (χ3n) is 5.51. The molecule has 0 radical (unpaired) electrons. The standard InChI is InChI=1S/C16H20BrNO2S/c17-14-1-3-15(4-2-14)21(19,20)18-16-8-11-5-12(9-16)7-13(6-11)10-16/h1-4,11-13,18H,5-10H2. The Bertz CT molecular complexity index is 618. The Morgan fingerprint density at radius 1 is 0.952 bits per heavy atom. The highest BCUT2D eigenvalue weighted by molar-refractivity contribution is 9.10. The number of sulfonamides is 1. The number of benzene rings is 1. The molecule has 1 aromatic rings. The summed E-state index contributed by atoms with van der Waals surface area (Å²) in [6.07, 6.45) is 7.07. The second kappa shape index (κ2) is 4.80. The van der Waals surface area contributed by atoms with E-state index in [2.05, 4.69) is 20.7 Å². The molecule has 4 saturated carbocycles. The zero-order valence-corrected chi connectivity index (χ0v) is 14.3. The maximum Gasteiger partial charge on any atom is 0.241 e. The molecule has 0 saturated heterocycles. The summed E-state index contributed by atoms with van der Waals surface area (Å²) >= 11 is 3.35. The van der Waals surface area contributed by atoms with Gasteiger partial charge in [-0.05, 0) is 80.5 Å². The molecule has 0 aromatic heterocycles. The summed E-state index contributed by atoms with van der Waals surface area (Å²) in [4.78, 5) is 0.376. The van der Waals surface area contributed by atoms with Crippen molar-refractivity contribution in [1.82, 2.24) is 4.72 Å². The minimum absolute atomic E-state index is 0.166. The van der Waals surface area contributed by atoms with E-state index in [0.717, 1.165) is 41.5 Å². The maximum atomic E-state index is 12.7. The molecule has 0 amide bonds. The molecule has 0 spiro atoms. The van der Waals surface area contributed by atoms with E-state index in [0.29, 0.717) is 4.90 Å². The van der Waals surface area contributed by atoms with Crippen molar-refractivity contribution in [3.05, 3.63) is 28.7 Å². The molecule has 0 atom stereocenters. The molecule has 5 rings (SSSR count). The highest BCUT2D eigenvalue weighted by Crippen LogP contribution is 2.55. The lowest BCUT2D eigenvalue weighted by molar-refractivity contribution is -0.00810. The second-order valence-corrected chi connectivity index (χ2v) is 9.86. The van der Waals surface area contributed by atoms with E-state index in [-0.39, 0.29) is 5.54 Å². The fourth-order valence-electron chi connectivity index (χ4n) is 5.19. The lowest BCUT2D eigenvalue weighted by atomic mass is 9.53. The summed E-state index contributed by atoms with van der Waals surface area (Å²) in [5.41, 5.74) is -0.166. The molecule has 5 heteroatoms. The molecule has 1 N–H and O–H groups in total. The molecule has 4 bridgehead atoms. The third-order valence-corrected chi connectivity index (χ3v) is 7.64. The van der Waals surface area contributed by atoms with Gasteiger partial charge in [0.15, 0.2) is 0 Å². The SMILES string of the molecule is O=S(=O)(NC12CC3CC(CC(C3)C1)C2)c1ccc(Br)cc1. The van der Waals surface area contributed by atoms with Gasteiger partial charge in [0.25, 0.3) is 0 Å². The monoisotopic (exact) mass is 369 g/mol. The Balaban J connectivity index is 1.61. The number of rotatable bonds is 3. The van der Waals surface area contributed by atoms with E-state index in [1.807, 2.05) is 0 Å². The maximum absolute atomic E-state index is 12.7. The van der Waals surface area contributed by atoms with Gasteiger partial charge in [-0.3, -0.25) is 0 Å². The lowest BCUT2D eigenvalue weighted by Gasteiger charge is -2.56. The van der Waals surface area contributed by atoms with E-state index in [1.54, 1.807) is 24.3 Å². The van der Waals surface area contributed by atoms with E-state index in [9.17, 15) is 8.42 Å². The molecular weight excluding hydrogens is 350 g/mol. The van der Waals surface area contributed by atoms with Gasteiger partial charge >= 0.3 is 0 Å². The van der Waals surface area contributed by atoms with Crippen LogP contribution in [0.15, 0.2) is 33.6 Å². The predicted octanol–water partition coefficient (Wildman–Crippen LogP) is 3.70. The molecule has 4 aliphatic carbocycles. The van der Waals surface area contributed by atoms with Gasteiger partial charge in [-0.15, -0.1) is 0 Å². The summed E-state index contributed by atoms with van der Waals surface area (Å²) in [5.74, 6) is 2.22. The van der Waals surface area contributed by atoms with Crippen LogP contribution >= 0.6 is 15.9 Å². The second-order valence-electron chi connectivity index (χ2n) is 7.26. The van der Waals surface area contributed by atoms with Gasteiger partial charge in [0.05, 0.1) is 4.90 Å². The van der Waals surface area contributed by atoms with Gasteiger partial charge in [-0.1, -0.05) is 15.9 Å². The molecule has 4 fully saturated rings. The van der Waals surface area contributed by atoms with Gasteiger partial charge in [0, 0.05) is 10.0 Å². The zero-order chi connectivity index (χ0) is 14.7. The summed E-state index contributed by atoms with van der Waals surface area (Å²) in [6, 6.07) is 6.92. The Kier molecular flexibility index (Phi) is 3.25. The largest absolute Gasteiger partial charge is 0.241 e. The quantitative estimate of drug-likeness (QED) is 0.882. The van der Waals surface area contributed by atoms with Crippen molar-refractivity contribution in [2.24, 2.45) is 17.8 Å². The molecule has 0 unspecified atom stereocenters. The van der Waals surface area contributed by atoms with Crippen molar-refractivity contribution < 1.29 is 8.42 Å². The van der Waals surface area contributed by atoms with Crippen LogP contribution in [-0.2, 0) is 10.0 Å². The number of hydrogen-bond acceptors (Lipinski definition) is 2. The van der Waals surface area contributed by atoms with E-state index in [1.165, 1.54) is 19.3 Å². The Morgan fingerprint density at radius 2 is 1.43 bits per heavy atom. The topological polar surface area (TPSA) is 46.2 Å². The highest BCUT2D eigenvalue weighted by Gasteiger charge is 2.52. The van der Waals surface area contributed by atoms with Crippen molar-refractivity contribution in [3.8, 4) is 0 Å². The number of halogens is 1. The molecule has 0 heterocycles. The molecule has 1 aromatic carbocycles. The van der Waals surface area contributed by atoms with Crippen LogP contribution in [0, 0.1) is 17.8 Å². The fourth-order valence-corrected chi connectivity index (χ4v) is 6.89. The van der Waals surface area contributed by atoms with Crippen LogP contribution in [0.1, 0.15) is 38.5 Å². The van der Waals surface area contributed by atoms with Gasteiger partial charge in [0.2, 0.25) is 10.0 Å².